The van der Waals surface area contributed by atoms with Gasteiger partial charge < -0.3 is 10.3 Å². The first-order chi connectivity index (χ1) is 10.3. The average Bonchev–Trinajstić information content (AvgIpc) is 3.02. The molecule has 4 rings (SSSR count). The number of hydrogen-bond acceptors (Lipinski definition) is 4. The molecule has 2 N–H and O–H groups in total. The minimum absolute atomic E-state index is 0.0357. The molecular weight excluding hydrogens is 262 g/mol. The van der Waals surface area contributed by atoms with Crippen molar-refractivity contribution < 1.29 is 0 Å². The molecule has 21 heavy (non-hydrogen) atoms. The highest BCUT2D eigenvalue weighted by molar-refractivity contribution is 5.37. The van der Waals surface area contributed by atoms with Gasteiger partial charge in [0, 0.05) is 19.6 Å². The fourth-order valence-corrected chi connectivity index (χ4v) is 4.00. The molecule has 1 unspecified atom stereocenters. The third-order valence-electron chi connectivity index (χ3n) is 5.14. The van der Waals surface area contributed by atoms with E-state index in [4.69, 9.17) is 5.73 Å². The van der Waals surface area contributed by atoms with E-state index in [1.165, 1.54) is 24.0 Å². The number of rotatable bonds is 2. The van der Waals surface area contributed by atoms with Crippen LogP contribution >= 0.6 is 0 Å². The van der Waals surface area contributed by atoms with Crippen molar-refractivity contribution in [2.45, 2.75) is 37.9 Å². The molecule has 1 aliphatic heterocycles. The van der Waals surface area contributed by atoms with Gasteiger partial charge in [0.05, 0.1) is 12.1 Å². The Morgan fingerprint density at radius 3 is 3.05 bits per heavy atom. The van der Waals surface area contributed by atoms with E-state index in [2.05, 4.69) is 43.9 Å². The van der Waals surface area contributed by atoms with Gasteiger partial charge in [-0.1, -0.05) is 24.3 Å². The van der Waals surface area contributed by atoms with Crippen molar-refractivity contribution in [1.82, 2.24) is 19.7 Å². The van der Waals surface area contributed by atoms with Gasteiger partial charge in [0.25, 0.3) is 0 Å². The first-order valence-electron chi connectivity index (χ1n) is 7.74. The van der Waals surface area contributed by atoms with Crippen LogP contribution in [0.25, 0.3) is 0 Å². The van der Waals surface area contributed by atoms with Gasteiger partial charge in [0.2, 0.25) is 0 Å². The maximum absolute atomic E-state index is 6.29. The Hall–Kier alpha value is -1.72. The van der Waals surface area contributed by atoms with E-state index in [1.807, 2.05) is 6.33 Å². The fourth-order valence-electron chi connectivity index (χ4n) is 4.00. The zero-order valence-electron chi connectivity index (χ0n) is 12.2. The SMILES string of the molecule is NCC1(N2CCn3cnnc3C2)CCCc2ccccc21. The first-order valence-corrected chi connectivity index (χ1v) is 7.74. The summed E-state index contributed by atoms with van der Waals surface area (Å²) in [6.07, 6.45) is 5.34. The number of nitrogens with zero attached hydrogens (tertiary/aromatic N) is 4. The van der Waals surface area contributed by atoms with Crippen LogP contribution < -0.4 is 5.73 Å². The molecule has 1 aromatic heterocycles. The highest BCUT2D eigenvalue weighted by atomic mass is 15.3. The summed E-state index contributed by atoms with van der Waals surface area (Å²) in [5.41, 5.74) is 9.14. The molecule has 0 saturated heterocycles. The number of benzene rings is 1. The smallest absolute Gasteiger partial charge is 0.147 e. The lowest BCUT2D eigenvalue weighted by Crippen LogP contribution is -2.55. The third-order valence-corrected chi connectivity index (χ3v) is 5.14. The molecule has 0 amide bonds. The Morgan fingerprint density at radius 1 is 1.24 bits per heavy atom. The molecule has 1 aliphatic carbocycles. The van der Waals surface area contributed by atoms with Crippen LogP contribution in [0.3, 0.4) is 0 Å². The zero-order chi connectivity index (χ0) is 14.3. The van der Waals surface area contributed by atoms with Crippen LogP contribution in [-0.2, 0) is 25.0 Å². The molecule has 1 atom stereocenters. The van der Waals surface area contributed by atoms with E-state index in [-0.39, 0.29) is 5.54 Å². The predicted octanol–water partition coefficient (Wildman–Crippen LogP) is 1.28. The zero-order valence-corrected chi connectivity index (χ0v) is 12.2. The maximum Gasteiger partial charge on any atom is 0.147 e. The number of hydrogen-bond donors (Lipinski definition) is 1. The van der Waals surface area contributed by atoms with Gasteiger partial charge in [-0.25, -0.2) is 0 Å². The van der Waals surface area contributed by atoms with Crippen molar-refractivity contribution >= 4 is 0 Å². The van der Waals surface area contributed by atoms with Crippen LogP contribution in [0.4, 0.5) is 0 Å². The molecule has 0 bridgehead atoms. The standard InChI is InChI=1S/C16H21N5/c17-11-16(7-3-5-13-4-1-2-6-14(13)16)21-9-8-20-12-18-19-15(20)10-21/h1-2,4,6,12H,3,5,7-11,17H2. The van der Waals surface area contributed by atoms with E-state index < -0.39 is 0 Å². The maximum atomic E-state index is 6.29. The summed E-state index contributed by atoms with van der Waals surface area (Å²) in [6.45, 7) is 3.46. The fraction of sp³-hybridized carbons (Fsp3) is 0.500. The largest absolute Gasteiger partial charge is 0.328 e. The van der Waals surface area contributed by atoms with Crippen molar-refractivity contribution in [2.75, 3.05) is 13.1 Å². The van der Waals surface area contributed by atoms with Gasteiger partial charge in [-0.15, -0.1) is 10.2 Å². The second-order valence-electron chi connectivity index (χ2n) is 6.11. The van der Waals surface area contributed by atoms with Crippen molar-refractivity contribution in [3.8, 4) is 0 Å². The topological polar surface area (TPSA) is 60.0 Å². The highest BCUT2D eigenvalue weighted by Crippen LogP contribution is 2.40. The Balaban J connectivity index is 1.75. The van der Waals surface area contributed by atoms with Gasteiger partial charge in [0.15, 0.2) is 0 Å². The van der Waals surface area contributed by atoms with Gasteiger partial charge in [-0.2, -0.15) is 0 Å². The molecule has 0 spiro atoms. The molecule has 2 aliphatic rings. The number of aryl methyl sites for hydroxylation is 1. The quantitative estimate of drug-likeness (QED) is 0.902. The van der Waals surface area contributed by atoms with Crippen LogP contribution in [-0.4, -0.2) is 32.8 Å². The van der Waals surface area contributed by atoms with Crippen molar-refractivity contribution in [1.29, 1.82) is 0 Å². The summed E-state index contributed by atoms with van der Waals surface area (Å²) < 4.78 is 2.15. The lowest BCUT2D eigenvalue weighted by Gasteiger charge is -2.48. The summed E-state index contributed by atoms with van der Waals surface area (Å²) in [7, 11) is 0. The molecule has 0 radical (unpaired) electrons. The van der Waals surface area contributed by atoms with Crippen molar-refractivity contribution in [2.24, 2.45) is 5.73 Å². The van der Waals surface area contributed by atoms with Crippen LogP contribution in [0.1, 0.15) is 29.8 Å². The monoisotopic (exact) mass is 283 g/mol. The molecular formula is C16H21N5. The summed E-state index contributed by atoms with van der Waals surface area (Å²) >= 11 is 0. The minimum Gasteiger partial charge on any atom is -0.328 e. The third kappa shape index (κ3) is 1.92. The molecule has 2 aromatic rings. The molecule has 1 aromatic carbocycles. The van der Waals surface area contributed by atoms with E-state index in [9.17, 15) is 0 Å². The van der Waals surface area contributed by atoms with E-state index in [0.717, 1.165) is 31.9 Å². The molecule has 2 heterocycles. The van der Waals surface area contributed by atoms with Crippen LogP contribution in [0.15, 0.2) is 30.6 Å². The second kappa shape index (κ2) is 4.93. The first kappa shape index (κ1) is 13.0. The highest BCUT2D eigenvalue weighted by Gasteiger charge is 2.41. The predicted molar refractivity (Wildman–Crippen MR) is 80.5 cm³/mol. The lowest BCUT2D eigenvalue weighted by molar-refractivity contribution is 0.0455. The summed E-state index contributed by atoms with van der Waals surface area (Å²) in [5.74, 6) is 1.05. The summed E-state index contributed by atoms with van der Waals surface area (Å²) in [6, 6.07) is 8.80. The van der Waals surface area contributed by atoms with E-state index in [1.54, 1.807) is 0 Å². The Bertz CT molecular complexity index is 650. The summed E-state index contributed by atoms with van der Waals surface area (Å²) in [5, 5.41) is 8.28. The average molecular weight is 283 g/mol. The second-order valence-corrected chi connectivity index (χ2v) is 6.11. The van der Waals surface area contributed by atoms with Crippen molar-refractivity contribution in [3.05, 3.63) is 47.5 Å². The molecule has 0 fully saturated rings. The minimum atomic E-state index is -0.0357. The lowest BCUT2D eigenvalue weighted by atomic mass is 9.75. The Labute approximate surface area is 124 Å². The number of fused-ring (bicyclic) bond motifs is 2. The molecule has 5 nitrogen and oxygen atoms in total. The number of nitrogens with two attached hydrogens (primary N) is 1. The van der Waals surface area contributed by atoms with E-state index in [0.29, 0.717) is 6.54 Å². The van der Waals surface area contributed by atoms with Gasteiger partial charge in [-0.3, -0.25) is 4.90 Å². The molecule has 5 heteroatoms. The van der Waals surface area contributed by atoms with Gasteiger partial charge in [-0.05, 0) is 30.4 Å². The van der Waals surface area contributed by atoms with Gasteiger partial charge >= 0.3 is 0 Å². The molecule has 110 valence electrons. The van der Waals surface area contributed by atoms with Crippen LogP contribution in [0, 0.1) is 0 Å². The van der Waals surface area contributed by atoms with E-state index >= 15 is 0 Å². The number of aromatic nitrogens is 3. The molecule has 0 saturated carbocycles. The summed E-state index contributed by atoms with van der Waals surface area (Å²) in [4.78, 5) is 2.52. The van der Waals surface area contributed by atoms with Crippen molar-refractivity contribution in [3.63, 3.8) is 0 Å². The Kier molecular flexibility index (Phi) is 3.05. The van der Waals surface area contributed by atoms with Crippen LogP contribution in [0.5, 0.6) is 0 Å². The van der Waals surface area contributed by atoms with Crippen LogP contribution in [0.2, 0.25) is 0 Å². The Morgan fingerprint density at radius 2 is 2.14 bits per heavy atom. The normalized spacial score (nSPS) is 25.4. The van der Waals surface area contributed by atoms with Gasteiger partial charge in [0.1, 0.15) is 12.2 Å².